The van der Waals surface area contributed by atoms with Crippen molar-refractivity contribution in [2.45, 2.75) is 0 Å². The van der Waals surface area contributed by atoms with E-state index in [1.807, 2.05) is 6.07 Å². The predicted molar refractivity (Wildman–Crippen MR) is 66.4 cm³/mol. The van der Waals surface area contributed by atoms with Gasteiger partial charge in [-0.1, -0.05) is 0 Å². The number of nitrogens with zero attached hydrogens (tertiary/aromatic N) is 4. The number of rotatable bonds is 3. The largest absolute Gasteiger partial charge is 0.481 e. The van der Waals surface area contributed by atoms with Gasteiger partial charge < -0.3 is 20.9 Å². The summed E-state index contributed by atoms with van der Waals surface area (Å²) in [6.45, 7) is 0. The van der Waals surface area contributed by atoms with Crippen LogP contribution in [-0.2, 0) is 0 Å². The lowest BCUT2D eigenvalue weighted by Gasteiger charge is -2.09. The van der Waals surface area contributed by atoms with Crippen molar-refractivity contribution >= 4 is 11.8 Å². The summed E-state index contributed by atoms with van der Waals surface area (Å²) in [5, 5.41) is 8.98. The Hall–Kier alpha value is -3.08. The Labute approximate surface area is 108 Å². The molecule has 2 heterocycles. The topological polar surface area (TPSA) is 133 Å². The maximum Gasteiger partial charge on any atom is 0.222 e. The molecule has 0 aromatic carbocycles. The second-order valence-electron chi connectivity index (χ2n) is 3.41. The molecule has 0 aliphatic heterocycles. The van der Waals surface area contributed by atoms with Crippen LogP contribution < -0.4 is 20.9 Å². The van der Waals surface area contributed by atoms with Gasteiger partial charge in [0.25, 0.3) is 0 Å². The first-order valence-corrected chi connectivity index (χ1v) is 5.14. The van der Waals surface area contributed by atoms with Gasteiger partial charge in [-0.05, 0) is 0 Å². The van der Waals surface area contributed by atoms with Crippen molar-refractivity contribution in [3.8, 4) is 23.4 Å². The monoisotopic (exact) mass is 258 g/mol. The average molecular weight is 258 g/mol. The normalized spacial score (nSPS) is 9.68. The van der Waals surface area contributed by atoms with Crippen molar-refractivity contribution in [1.82, 2.24) is 15.0 Å². The van der Waals surface area contributed by atoms with E-state index in [1.54, 1.807) is 0 Å². The summed E-state index contributed by atoms with van der Waals surface area (Å²) >= 11 is 0. The minimum atomic E-state index is 0.0395. The summed E-state index contributed by atoms with van der Waals surface area (Å²) in [5.41, 5.74) is 11.3. The number of hydrogen-bond donors (Lipinski definition) is 2. The fraction of sp³-hybridized carbons (Fsp3) is 0.0909. The van der Waals surface area contributed by atoms with E-state index in [0.29, 0.717) is 5.88 Å². The van der Waals surface area contributed by atoms with Gasteiger partial charge in [0.1, 0.15) is 11.6 Å². The van der Waals surface area contributed by atoms with Crippen LogP contribution in [0.15, 0.2) is 18.5 Å². The molecule has 0 aliphatic rings. The number of nitriles is 1. The van der Waals surface area contributed by atoms with Gasteiger partial charge in [0.2, 0.25) is 11.8 Å². The molecular weight excluding hydrogens is 248 g/mol. The van der Waals surface area contributed by atoms with Crippen LogP contribution in [0.1, 0.15) is 5.56 Å². The minimum absolute atomic E-state index is 0.0395. The molecule has 0 saturated heterocycles. The van der Waals surface area contributed by atoms with Crippen LogP contribution in [0, 0.1) is 11.3 Å². The molecule has 96 valence electrons. The zero-order valence-corrected chi connectivity index (χ0v) is 9.99. The summed E-state index contributed by atoms with van der Waals surface area (Å²) in [7, 11) is 1.46. The van der Waals surface area contributed by atoms with Crippen LogP contribution in [-0.4, -0.2) is 22.1 Å². The lowest BCUT2D eigenvalue weighted by Crippen LogP contribution is -2.02. The number of pyridine rings is 1. The van der Waals surface area contributed by atoms with Gasteiger partial charge in [-0.25, -0.2) is 9.97 Å². The van der Waals surface area contributed by atoms with Gasteiger partial charge in [-0.3, -0.25) is 0 Å². The molecule has 2 rings (SSSR count). The van der Waals surface area contributed by atoms with Crippen LogP contribution in [0.2, 0.25) is 0 Å². The van der Waals surface area contributed by atoms with E-state index in [0.717, 1.165) is 0 Å². The van der Waals surface area contributed by atoms with E-state index < -0.39 is 0 Å². The Balaban J connectivity index is 2.39. The summed E-state index contributed by atoms with van der Waals surface area (Å²) in [5.74, 6) is 0.863. The lowest BCUT2D eigenvalue weighted by molar-refractivity contribution is 0.392. The number of nitrogens with two attached hydrogens (primary N) is 2. The van der Waals surface area contributed by atoms with Crippen molar-refractivity contribution in [1.29, 1.82) is 5.26 Å². The van der Waals surface area contributed by atoms with Gasteiger partial charge in [-0.15, -0.1) is 0 Å². The SMILES string of the molecule is COc1cc(Oc2cnc(N)nc2N)c(C#N)cn1. The van der Waals surface area contributed by atoms with Crippen molar-refractivity contribution in [2.75, 3.05) is 18.6 Å². The molecule has 0 aliphatic carbocycles. The van der Waals surface area contributed by atoms with Crippen LogP contribution in [0.25, 0.3) is 0 Å². The van der Waals surface area contributed by atoms with Gasteiger partial charge in [-0.2, -0.15) is 10.2 Å². The predicted octanol–water partition coefficient (Wildman–Crippen LogP) is 0.709. The highest BCUT2D eigenvalue weighted by Gasteiger charge is 2.11. The zero-order chi connectivity index (χ0) is 13.8. The van der Waals surface area contributed by atoms with E-state index >= 15 is 0 Å². The Morgan fingerprint density at radius 3 is 2.63 bits per heavy atom. The van der Waals surface area contributed by atoms with Crippen molar-refractivity contribution in [3.05, 3.63) is 24.0 Å². The second-order valence-corrected chi connectivity index (χ2v) is 3.41. The highest BCUT2D eigenvalue weighted by Crippen LogP contribution is 2.29. The van der Waals surface area contributed by atoms with Crippen LogP contribution in [0.3, 0.4) is 0 Å². The molecule has 2 aromatic heterocycles. The fourth-order valence-electron chi connectivity index (χ4n) is 1.29. The Morgan fingerprint density at radius 2 is 2.00 bits per heavy atom. The molecule has 8 heteroatoms. The van der Waals surface area contributed by atoms with Crippen molar-refractivity contribution < 1.29 is 9.47 Å². The van der Waals surface area contributed by atoms with Gasteiger partial charge in [0, 0.05) is 6.07 Å². The molecule has 19 heavy (non-hydrogen) atoms. The fourth-order valence-corrected chi connectivity index (χ4v) is 1.29. The van der Waals surface area contributed by atoms with E-state index in [9.17, 15) is 0 Å². The number of hydrogen-bond acceptors (Lipinski definition) is 8. The molecule has 0 spiro atoms. The standard InChI is InChI=1S/C11H10N6O2/c1-18-9-2-7(6(3-12)4-15-9)19-8-5-16-11(14)17-10(8)13/h2,4-5H,1H3,(H4,13,14,16,17). The number of anilines is 2. The molecule has 0 atom stereocenters. The zero-order valence-electron chi connectivity index (χ0n) is 9.99. The van der Waals surface area contributed by atoms with Crippen LogP contribution in [0.5, 0.6) is 17.4 Å². The molecule has 0 saturated carbocycles. The molecule has 2 aromatic rings. The van der Waals surface area contributed by atoms with Crippen LogP contribution >= 0.6 is 0 Å². The molecule has 0 radical (unpaired) electrons. The van der Waals surface area contributed by atoms with E-state index in [-0.39, 0.29) is 28.8 Å². The Morgan fingerprint density at radius 1 is 1.21 bits per heavy atom. The minimum Gasteiger partial charge on any atom is -0.481 e. The Kier molecular flexibility index (Phi) is 3.29. The van der Waals surface area contributed by atoms with E-state index in [1.165, 1.54) is 25.6 Å². The summed E-state index contributed by atoms with van der Waals surface area (Å²) in [6.07, 6.45) is 2.66. The molecule has 0 fully saturated rings. The number of ether oxygens (including phenoxy) is 2. The maximum atomic E-state index is 8.98. The summed E-state index contributed by atoms with van der Waals surface area (Å²) in [6, 6.07) is 3.42. The highest BCUT2D eigenvalue weighted by atomic mass is 16.5. The van der Waals surface area contributed by atoms with E-state index in [4.69, 9.17) is 26.2 Å². The molecule has 0 bridgehead atoms. The average Bonchev–Trinajstić information content (AvgIpc) is 2.41. The molecule has 0 amide bonds. The lowest BCUT2D eigenvalue weighted by atomic mass is 10.3. The van der Waals surface area contributed by atoms with Gasteiger partial charge in [0.15, 0.2) is 17.3 Å². The molecular formula is C11H10N6O2. The summed E-state index contributed by atoms with van der Waals surface area (Å²) in [4.78, 5) is 11.4. The molecule has 4 N–H and O–H groups in total. The third-order valence-corrected chi connectivity index (χ3v) is 2.19. The smallest absolute Gasteiger partial charge is 0.222 e. The first-order chi connectivity index (χ1) is 9.13. The highest BCUT2D eigenvalue weighted by molar-refractivity contribution is 5.52. The molecule has 8 nitrogen and oxygen atoms in total. The first kappa shape index (κ1) is 12.4. The second kappa shape index (κ2) is 5.05. The number of nitrogen functional groups attached to an aromatic ring is 2. The quantitative estimate of drug-likeness (QED) is 0.822. The third-order valence-electron chi connectivity index (χ3n) is 2.19. The summed E-state index contributed by atoms with van der Waals surface area (Å²) < 4.78 is 10.4. The van der Waals surface area contributed by atoms with Gasteiger partial charge >= 0.3 is 0 Å². The molecule has 0 unspecified atom stereocenters. The number of methoxy groups -OCH3 is 1. The van der Waals surface area contributed by atoms with Crippen LogP contribution in [0.4, 0.5) is 11.8 Å². The first-order valence-electron chi connectivity index (χ1n) is 5.14. The van der Waals surface area contributed by atoms with Crippen molar-refractivity contribution in [3.63, 3.8) is 0 Å². The number of aromatic nitrogens is 3. The van der Waals surface area contributed by atoms with Crippen molar-refractivity contribution in [2.24, 2.45) is 0 Å². The van der Waals surface area contributed by atoms with Gasteiger partial charge in [0.05, 0.1) is 19.5 Å². The van der Waals surface area contributed by atoms with E-state index in [2.05, 4.69) is 15.0 Å². The maximum absolute atomic E-state index is 8.98. The Bertz CT molecular complexity index is 652. The third kappa shape index (κ3) is 2.61.